The van der Waals surface area contributed by atoms with Gasteiger partial charge in [0.15, 0.2) is 0 Å². The Kier molecular flexibility index (Phi) is 10.6. The van der Waals surface area contributed by atoms with Crippen LogP contribution in [0.15, 0.2) is 60.7 Å². The van der Waals surface area contributed by atoms with E-state index in [2.05, 4.69) is 0 Å². The van der Waals surface area contributed by atoms with Crippen molar-refractivity contribution in [1.29, 1.82) is 0 Å². The summed E-state index contributed by atoms with van der Waals surface area (Å²) in [7, 11) is 1.25. The van der Waals surface area contributed by atoms with E-state index in [4.69, 9.17) is 18.9 Å². The maximum atomic E-state index is 12.9. The van der Waals surface area contributed by atoms with Gasteiger partial charge in [-0.1, -0.05) is 81.4 Å². The van der Waals surface area contributed by atoms with Crippen molar-refractivity contribution < 1.29 is 33.3 Å². The average molecular weight is 457 g/mol. The summed E-state index contributed by atoms with van der Waals surface area (Å²) in [5, 5.41) is 0. The lowest BCUT2D eigenvalue weighted by Gasteiger charge is -2.25. The van der Waals surface area contributed by atoms with Gasteiger partial charge in [0.05, 0.1) is 5.92 Å². The fourth-order valence-electron chi connectivity index (χ4n) is 3.24. The normalized spacial score (nSPS) is 13.6. The lowest BCUT2D eigenvalue weighted by atomic mass is 9.99. The highest BCUT2D eigenvalue weighted by molar-refractivity contribution is 5.88. The van der Waals surface area contributed by atoms with Crippen LogP contribution in [0.3, 0.4) is 0 Å². The summed E-state index contributed by atoms with van der Waals surface area (Å²) >= 11 is 0. The first-order chi connectivity index (χ1) is 15.8. The minimum Gasteiger partial charge on any atom is -0.459 e. The Morgan fingerprint density at radius 3 is 1.58 bits per heavy atom. The van der Waals surface area contributed by atoms with Gasteiger partial charge in [-0.3, -0.25) is 4.79 Å². The van der Waals surface area contributed by atoms with Gasteiger partial charge in [0.25, 0.3) is 0 Å². The van der Waals surface area contributed by atoms with Gasteiger partial charge in [-0.25, -0.2) is 9.59 Å². The number of ether oxygens (including phenoxy) is 4. The molecule has 3 atom stereocenters. The molecule has 0 saturated heterocycles. The molecule has 0 aliphatic heterocycles. The number of carbonyl (C=O) groups is 3. The van der Waals surface area contributed by atoms with Gasteiger partial charge in [-0.2, -0.15) is 0 Å². The molecule has 33 heavy (non-hydrogen) atoms. The molecule has 0 aliphatic rings. The van der Waals surface area contributed by atoms with E-state index in [-0.39, 0.29) is 19.1 Å². The Labute approximate surface area is 195 Å². The number of rotatable bonds is 12. The van der Waals surface area contributed by atoms with E-state index < -0.39 is 36.0 Å². The molecule has 7 heteroatoms. The lowest BCUT2D eigenvalue weighted by Crippen LogP contribution is -2.46. The van der Waals surface area contributed by atoms with Crippen molar-refractivity contribution in [3.8, 4) is 0 Å². The fourth-order valence-corrected chi connectivity index (χ4v) is 3.24. The number of methoxy groups -OCH3 is 1. The van der Waals surface area contributed by atoms with E-state index in [9.17, 15) is 14.4 Å². The summed E-state index contributed by atoms with van der Waals surface area (Å²) in [5.74, 6) is -2.53. The third-order valence-corrected chi connectivity index (χ3v) is 4.91. The molecule has 7 nitrogen and oxygen atoms in total. The van der Waals surface area contributed by atoms with Crippen LogP contribution in [0.2, 0.25) is 0 Å². The summed E-state index contributed by atoms with van der Waals surface area (Å²) in [5.41, 5.74) is 1.52. The lowest BCUT2D eigenvalue weighted by molar-refractivity contribution is -0.189. The summed E-state index contributed by atoms with van der Waals surface area (Å²) in [4.78, 5) is 38.3. The standard InChI is InChI=1S/C26H32O7/c1-18(2)15-19(3)24(27)33-23(26(29)32-17-21-13-9-6-10-14-21)22(30-4)25(28)31-16-20-11-7-5-8-12-20/h5-14,18-19,22-23H,15-17H2,1-4H3. The molecule has 0 saturated carbocycles. The van der Waals surface area contributed by atoms with Crippen molar-refractivity contribution in [3.05, 3.63) is 71.8 Å². The number of benzene rings is 2. The van der Waals surface area contributed by atoms with Gasteiger partial charge in [0, 0.05) is 7.11 Å². The molecule has 0 aromatic heterocycles. The first-order valence-corrected chi connectivity index (χ1v) is 11.0. The van der Waals surface area contributed by atoms with E-state index in [1.54, 1.807) is 31.2 Å². The Morgan fingerprint density at radius 1 is 0.697 bits per heavy atom. The Bertz CT molecular complexity index is 880. The molecule has 3 unspecified atom stereocenters. The quantitative estimate of drug-likeness (QED) is 0.351. The van der Waals surface area contributed by atoms with E-state index in [1.807, 2.05) is 50.2 Å². The molecule has 0 radical (unpaired) electrons. The molecule has 0 heterocycles. The van der Waals surface area contributed by atoms with Crippen molar-refractivity contribution in [1.82, 2.24) is 0 Å². The van der Waals surface area contributed by atoms with Crippen LogP contribution in [-0.2, 0) is 46.5 Å². The van der Waals surface area contributed by atoms with Crippen molar-refractivity contribution >= 4 is 17.9 Å². The third-order valence-electron chi connectivity index (χ3n) is 4.91. The molecule has 0 amide bonds. The second-order valence-corrected chi connectivity index (χ2v) is 8.23. The molecular formula is C26H32O7. The smallest absolute Gasteiger partial charge is 0.351 e. The van der Waals surface area contributed by atoms with Crippen LogP contribution in [0.1, 0.15) is 38.3 Å². The first-order valence-electron chi connectivity index (χ1n) is 11.0. The zero-order valence-electron chi connectivity index (χ0n) is 19.6. The molecule has 0 bridgehead atoms. The molecule has 0 fully saturated rings. The van der Waals surface area contributed by atoms with Crippen molar-refractivity contribution in [3.63, 3.8) is 0 Å². The minimum atomic E-state index is -1.59. The van der Waals surface area contributed by atoms with Gasteiger partial charge in [0.1, 0.15) is 13.2 Å². The second kappa shape index (κ2) is 13.4. The minimum absolute atomic E-state index is 0.0109. The van der Waals surface area contributed by atoms with Gasteiger partial charge in [-0.15, -0.1) is 0 Å². The monoisotopic (exact) mass is 456 g/mol. The van der Waals surface area contributed by atoms with Crippen LogP contribution in [0, 0.1) is 11.8 Å². The number of hydrogen-bond donors (Lipinski definition) is 0. The highest BCUT2D eigenvalue weighted by Gasteiger charge is 2.40. The molecule has 2 aromatic carbocycles. The molecule has 0 N–H and O–H groups in total. The number of hydrogen-bond acceptors (Lipinski definition) is 7. The van der Waals surface area contributed by atoms with Crippen LogP contribution in [0.5, 0.6) is 0 Å². The summed E-state index contributed by atoms with van der Waals surface area (Å²) in [6.45, 7) is 5.63. The molecule has 0 spiro atoms. The highest BCUT2D eigenvalue weighted by Crippen LogP contribution is 2.18. The topological polar surface area (TPSA) is 88.1 Å². The average Bonchev–Trinajstić information content (AvgIpc) is 2.81. The SMILES string of the molecule is COC(C(=O)OCc1ccccc1)C(OC(=O)C(C)CC(C)C)C(=O)OCc1ccccc1. The predicted octanol–water partition coefficient (Wildman–Crippen LogP) is 4.08. The van der Waals surface area contributed by atoms with Gasteiger partial charge < -0.3 is 18.9 Å². The van der Waals surface area contributed by atoms with E-state index in [0.29, 0.717) is 6.42 Å². The van der Waals surface area contributed by atoms with Crippen LogP contribution >= 0.6 is 0 Å². The molecular weight excluding hydrogens is 424 g/mol. The Morgan fingerprint density at radius 2 is 1.15 bits per heavy atom. The fraction of sp³-hybridized carbons (Fsp3) is 0.423. The molecule has 2 aromatic rings. The maximum absolute atomic E-state index is 12.9. The Hall–Kier alpha value is -3.19. The molecule has 0 aliphatic carbocycles. The maximum Gasteiger partial charge on any atom is 0.351 e. The van der Waals surface area contributed by atoms with Crippen molar-refractivity contribution in [2.75, 3.05) is 7.11 Å². The van der Waals surface area contributed by atoms with Crippen LogP contribution in [-0.4, -0.2) is 37.2 Å². The largest absolute Gasteiger partial charge is 0.459 e. The van der Waals surface area contributed by atoms with Gasteiger partial charge in [0.2, 0.25) is 12.2 Å². The number of esters is 3. The van der Waals surface area contributed by atoms with Crippen LogP contribution < -0.4 is 0 Å². The molecule has 178 valence electrons. The summed E-state index contributed by atoms with van der Waals surface area (Å²) in [6, 6.07) is 18.1. The molecule has 2 rings (SSSR count). The summed E-state index contributed by atoms with van der Waals surface area (Å²) in [6.07, 6.45) is -2.49. The zero-order chi connectivity index (χ0) is 24.2. The zero-order valence-corrected chi connectivity index (χ0v) is 19.6. The number of carbonyl (C=O) groups excluding carboxylic acids is 3. The highest BCUT2D eigenvalue weighted by atomic mass is 16.6. The van der Waals surface area contributed by atoms with Crippen LogP contribution in [0.25, 0.3) is 0 Å². The second-order valence-electron chi connectivity index (χ2n) is 8.23. The van der Waals surface area contributed by atoms with E-state index in [1.165, 1.54) is 7.11 Å². The van der Waals surface area contributed by atoms with Crippen LogP contribution in [0.4, 0.5) is 0 Å². The van der Waals surface area contributed by atoms with E-state index >= 15 is 0 Å². The van der Waals surface area contributed by atoms with E-state index in [0.717, 1.165) is 11.1 Å². The predicted molar refractivity (Wildman–Crippen MR) is 122 cm³/mol. The van der Waals surface area contributed by atoms with Gasteiger partial charge >= 0.3 is 17.9 Å². The Balaban J connectivity index is 2.13. The third kappa shape index (κ3) is 8.69. The summed E-state index contributed by atoms with van der Waals surface area (Å²) < 4.78 is 21.4. The van der Waals surface area contributed by atoms with Crippen molar-refractivity contribution in [2.24, 2.45) is 11.8 Å². The van der Waals surface area contributed by atoms with Crippen molar-refractivity contribution in [2.45, 2.75) is 52.6 Å². The first kappa shape index (κ1) is 26.1. The van der Waals surface area contributed by atoms with Gasteiger partial charge in [-0.05, 0) is 23.5 Å².